The summed E-state index contributed by atoms with van der Waals surface area (Å²) in [6.45, 7) is 0.120. The van der Waals surface area contributed by atoms with Crippen LogP contribution < -0.4 is 5.32 Å². The van der Waals surface area contributed by atoms with E-state index in [4.69, 9.17) is 0 Å². The van der Waals surface area contributed by atoms with E-state index in [1.807, 2.05) is 6.07 Å². The highest BCUT2D eigenvalue weighted by molar-refractivity contribution is 9.10. The van der Waals surface area contributed by atoms with Crippen LogP contribution in [-0.4, -0.2) is 16.1 Å². The first-order valence-corrected chi connectivity index (χ1v) is 7.08. The number of fused-ring (bicyclic) bond motifs is 1. The van der Waals surface area contributed by atoms with Crippen LogP contribution in [-0.2, 0) is 6.54 Å². The van der Waals surface area contributed by atoms with Gasteiger partial charge in [0.25, 0.3) is 5.91 Å². The molecule has 0 atom stereocenters. The number of nitrogens with zero attached hydrogens (tertiary/aromatic N) is 1. The number of carbonyl (C=O) groups excluding carboxylic acids is 1. The molecule has 0 spiro atoms. The zero-order valence-corrected chi connectivity index (χ0v) is 12.4. The molecule has 2 N–H and O–H groups in total. The van der Waals surface area contributed by atoms with Gasteiger partial charge in [-0.1, -0.05) is 28.1 Å². The molecule has 106 valence electrons. The molecule has 1 heterocycles. The molecule has 0 aliphatic heterocycles. The molecule has 3 aromatic rings. The second-order valence-electron chi connectivity index (χ2n) is 4.56. The number of H-pyrrole nitrogens is 1. The van der Waals surface area contributed by atoms with Crippen molar-refractivity contribution in [3.8, 4) is 0 Å². The Hall–Kier alpha value is -2.21. The molecule has 0 bridgehead atoms. The van der Waals surface area contributed by atoms with Gasteiger partial charge in [0.15, 0.2) is 0 Å². The van der Waals surface area contributed by atoms with Crippen molar-refractivity contribution in [2.24, 2.45) is 0 Å². The summed E-state index contributed by atoms with van der Waals surface area (Å²) in [5, 5.41) is 10.3. The predicted octanol–water partition coefficient (Wildman–Crippen LogP) is 3.39. The number of nitrogens with one attached hydrogen (secondary N) is 2. The van der Waals surface area contributed by atoms with Gasteiger partial charge >= 0.3 is 0 Å². The monoisotopic (exact) mass is 347 g/mol. The Morgan fingerprint density at radius 1 is 1.33 bits per heavy atom. The summed E-state index contributed by atoms with van der Waals surface area (Å²) in [4.78, 5) is 12.2. The lowest BCUT2D eigenvalue weighted by Crippen LogP contribution is -2.23. The van der Waals surface area contributed by atoms with Crippen LogP contribution in [0.25, 0.3) is 10.9 Å². The zero-order chi connectivity index (χ0) is 14.8. The molecule has 0 unspecified atom stereocenters. The van der Waals surface area contributed by atoms with E-state index in [0.717, 1.165) is 9.86 Å². The van der Waals surface area contributed by atoms with Gasteiger partial charge in [0, 0.05) is 22.0 Å². The van der Waals surface area contributed by atoms with Gasteiger partial charge in [-0.3, -0.25) is 9.89 Å². The summed E-state index contributed by atoms with van der Waals surface area (Å²) in [6, 6.07) is 9.97. The third-order valence-corrected chi connectivity index (χ3v) is 3.66. The Bertz CT molecular complexity index is 816. The molecule has 0 fully saturated rings. The minimum Gasteiger partial charge on any atom is -0.348 e. The minimum atomic E-state index is -0.349. The molecule has 1 amide bonds. The van der Waals surface area contributed by atoms with Crippen molar-refractivity contribution < 1.29 is 9.18 Å². The molecule has 0 aliphatic rings. The summed E-state index contributed by atoms with van der Waals surface area (Å²) < 4.78 is 14.4. The molecule has 3 rings (SSSR count). The van der Waals surface area contributed by atoms with Gasteiger partial charge < -0.3 is 5.32 Å². The Kier molecular flexibility index (Phi) is 3.70. The second kappa shape index (κ2) is 5.65. The van der Waals surface area contributed by atoms with Crippen molar-refractivity contribution >= 4 is 32.7 Å². The lowest BCUT2D eigenvalue weighted by Gasteiger charge is -2.07. The maximum absolute atomic E-state index is 13.6. The van der Waals surface area contributed by atoms with E-state index in [-0.39, 0.29) is 18.3 Å². The van der Waals surface area contributed by atoms with Gasteiger partial charge in [0.1, 0.15) is 5.82 Å². The van der Waals surface area contributed by atoms with Gasteiger partial charge in [-0.25, -0.2) is 4.39 Å². The molecule has 0 saturated carbocycles. The van der Waals surface area contributed by atoms with Gasteiger partial charge in [-0.15, -0.1) is 0 Å². The number of para-hydroxylation sites is 1. The Morgan fingerprint density at radius 3 is 3.05 bits per heavy atom. The predicted molar refractivity (Wildman–Crippen MR) is 81.4 cm³/mol. The standard InChI is InChI=1S/C15H11BrFN3O/c16-11-4-5-13(17)10(6-11)7-18-15(21)12-3-1-2-9-8-19-20-14(9)12/h1-6,8H,7H2,(H,18,21)(H,19,20). The average molecular weight is 348 g/mol. The highest BCUT2D eigenvalue weighted by atomic mass is 79.9. The summed E-state index contributed by atoms with van der Waals surface area (Å²) >= 11 is 3.28. The maximum Gasteiger partial charge on any atom is 0.253 e. The zero-order valence-electron chi connectivity index (χ0n) is 10.9. The van der Waals surface area contributed by atoms with Crippen molar-refractivity contribution in [2.45, 2.75) is 6.54 Å². The quantitative estimate of drug-likeness (QED) is 0.762. The molecule has 1 aromatic heterocycles. The number of aromatic amines is 1. The topological polar surface area (TPSA) is 57.8 Å². The van der Waals surface area contributed by atoms with E-state index in [1.54, 1.807) is 30.5 Å². The van der Waals surface area contributed by atoms with Gasteiger partial charge in [0.05, 0.1) is 17.3 Å². The summed E-state index contributed by atoms with van der Waals surface area (Å²) in [6.07, 6.45) is 1.65. The molecule has 6 heteroatoms. The fraction of sp³-hybridized carbons (Fsp3) is 0.0667. The fourth-order valence-electron chi connectivity index (χ4n) is 2.11. The van der Waals surface area contributed by atoms with Crippen LogP contribution in [0.3, 0.4) is 0 Å². The van der Waals surface area contributed by atoms with Crippen LogP contribution >= 0.6 is 15.9 Å². The smallest absolute Gasteiger partial charge is 0.253 e. The molecular weight excluding hydrogens is 337 g/mol. The van der Waals surface area contributed by atoms with E-state index >= 15 is 0 Å². The average Bonchev–Trinajstić information content (AvgIpc) is 2.96. The minimum absolute atomic E-state index is 0.120. The second-order valence-corrected chi connectivity index (χ2v) is 5.47. The molecular formula is C15H11BrFN3O. The number of hydrogen-bond acceptors (Lipinski definition) is 2. The highest BCUT2D eigenvalue weighted by Crippen LogP contribution is 2.17. The van der Waals surface area contributed by atoms with E-state index in [2.05, 4.69) is 31.4 Å². The third kappa shape index (κ3) is 2.80. The Morgan fingerprint density at radius 2 is 2.19 bits per heavy atom. The lowest BCUT2D eigenvalue weighted by molar-refractivity contribution is 0.0952. The third-order valence-electron chi connectivity index (χ3n) is 3.17. The van der Waals surface area contributed by atoms with Gasteiger partial charge in [0.2, 0.25) is 0 Å². The molecule has 0 saturated heterocycles. The van der Waals surface area contributed by atoms with Crippen LogP contribution in [0.2, 0.25) is 0 Å². The van der Waals surface area contributed by atoms with E-state index < -0.39 is 0 Å². The van der Waals surface area contributed by atoms with Crippen molar-refractivity contribution in [3.63, 3.8) is 0 Å². The molecule has 4 nitrogen and oxygen atoms in total. The summed E-state index contributed by atoms with van der Waals surface area (Å²) in [7, 11) is 0. The SMILES string of the molecule is O=C(NCc1cc(Br)ccc1F)c1cccc2cn[nH]c12. The van der Waals surface area contributed by atoms with Gasteiger partial charge in [-0.05, 0) is 24.3 Å². The van der Waals surface area contributed by atoms with Crippen molar-refractivity contribution in [3.05, 3.63) is 64.0 Å². The number of halogens is 2. The molecule has 2 aromatic carbocycles. The maximum atomic E-state index is 13.6. The van der Waals surface area contributed by atoms with Crippen molar-refractivity contribution in [1.82, 2.24) is 15.5 Å². The van der Waals surface area contributed by atoms with Crippen LogP contribution in [0.15, 0.2) is 47.1 Å². The van der Waals surface area contributed by atoms with Crippen LogP contribution in [0, 0.1) is 5.82 Å². The first kappa shape index (κ1) is 13.8. The van der Waals surface area contributed by atoms with Crippen molar-refractivity contribution in [2.75, 3.05) is 0 Å². The first-order chi connectivity index (χ1) is 10.1. The van der Waals surface area contributed by atoms with Crippen molar-refractivity contribution in [1.29, 1.82) is 0 Å². The van der Waals surface area contributed by atoms with Crippen LogP contribution in [0.1, 0.15) is 15.9 Å². The van der Waals surface area contributed by atoms with E-state index in [1.165, 1.54) is 6.07 Å². The number of hydrogen-bond donors (Lipinski definition) is 2. The molecule has 0 radical (unpaired) electrons. The molecule has 21 heavy (non-hydrogen) atoms. The number of benzene rings is 2. The normalized spacial score (nSPS) is 10.8. The van der Waals surface area contributed by atoms with Crippen LogP contribution in [0.5, 0.6) is 0 Å². The fourth-order valence-corrected chi connectivity index (χ4v) is 2.52. The summed E-state index contributed by atoms with van der Waals surface area (Å²) in [5.41, 5.74) is 1.58. The van der Waals surface area contributed by atoms with Gasteiger partial charge in [-0.2, -0.15) is 5.10 Å². The Labute approximate surface area is 128 Å². The van der Waals surface area contributed by atoms with E-state index in [9.17, 15) is 9.18 Å². The number of amides is 1. The summed E-state index contributed by atoms with van der Waals surface area (Å²) in [5.74, 6) is -0.623. The van der Waals surface area contributed by atoms with Crippen LogP contribution in [0.4, 0.5) is 4.39 Å². The number of aromatic nitrogens is 2. The lowest BCUT2D eigenvalue weighted by atomic mass is 10.1. The first-order valence-electron chi connectivity index (χ1n) is 6.29. The Balaban J connectivity index is 1.81. The number of carbonyl (C=O) groups is 1. The number of rotatable bonds is 3. The van der Waals surface area contributed by atoms with E-state index in [0.29, 0.717) is 16.6 Å². The molecule has 0 aliphatic carbocycles. The largest absolute Gasteiger partial charge is 0.348 e. The highest BCUT2D eigenvalue weighted by Gasteiger charge is 2.12.